The summed E-state index contributed by atoms with van der Waals surface area (Å²) in [6.07, 6.45) is 0. The maximum atomic E-state index is 11.7. The molecule has 0 bridgehead atoms. The van der Waals surface area contributed by atoms with Gasteiger partial charge in [-0.2, -0.15) is 0 Å². The monoisotopic (exact) mass is 249 g/mol. The Balaban J connectivity index is 2.61. The highest BCUT2D eigenvalue weighted by molar-refractivity contribution is 5.88. The summed E-state index contributed by atoms with van der Waals surface area (Å²) in [6.45, 7) is 3.49. The molecule has 3 N–H and O–H groups in total. The molecule has 0 aliphatic carbocycles. The Morgan fingerprint density at radius 2 is 2.11 bits per heavy atom. The van der Waals surface area contributed by atoms with Gasteiger partial charge in [0.2, 0.25) is 5.91 Å². The number of oxazole rings is 1. The third kappa shape index (κ3) is 1.70. The van der Waals surface area contributed by atoms with Crippen LogP contribution in [0.5, 0.6) is 0 Å². The molecule has 6 nitrogen and oxygen atoms in total. The molecule has 0 spiro atoms. The molecule has 0 aliphatic rings. The van der Waals surface area contributed by atoms with E-state index in [-0.39, 0.29) is 5.91 Å². The van der Waals surface area contributed by atoms with Crippen molar-refractivity contribution in [1.29, 1.82) is 0 Å². The highest BCUT2D eigenvalue weighted by Gasteiger charge is 2.29. The normalized spacial score (nSPS) is 11.8. The van der Waals surface area contributed by atoms with Crippen molar-refractivity contribution in [1.82, 2.24) is 9.99 Å². The minimum absolute atomic E-state index is 0.305. The molecule has 0 radical (unpaired) electrons. The van der Waals surface area contributed by atoms with Crippen LogP contribution in [-0.4, -0.2) is 10.5 Å². The fourth-order valence-electron chi connectivity index (χ4n) is 1.83. The number of rotatable bonds is 2. The van der Waals surface area contributed by atoms with Crippen LogP contribution in [0.2, 0.25) is 0 Å². The molecule has 2 rings (SSSR count). The number of hydrogen-bond acceptors (Lipinski definition) is 4. The number of amides is 1. The van der Waals surface area contributed by atoms with Gasteiger partial charge in [-0.1, -0.05) is 6.07 Å². The Bertz CT molecular complexity index is 667. The second-order valence-corrected chi connectivity index (χ2v) is 4.71. The van der Waals surface area contributed by atoms with Gasteiger partial charge in [-0.15, -0.1) is 0 Å². The summed E-state index contributed by atoms with van der Waals surface area (Å²) in [6, 6.07) is 5.22. The molecular weight excluding hydrogens is 234 g/mol. The molecule has 0 saturated carbocycles. The van der Waals surface area contributed by atoms with E-state index in [9.17, 15) is 9.59 Å². The average Bonchev–Trinajstić information content (AvgIpc) is 2.63. The molecule has 0 aliphatic heterocycles. The Hall–Kier alpha value is -2.08. The third-order valence-corrected chi connectivity index (χ3v) is 3.21. The van der Waals surface area contributed by atoms with Crippen molar-refractivity contribution in [2.24, 2.45) is 12.9 Å². The zero-order chi connectivity index (χ0) is 13.5. The minimum Gasteiger partial charge on any atom is -0.408 e. The summed E-state index contributed by atoms with van der Waals surface area (Å²) in [7, 11) is 1.63. The molecule has 0 atom stereocenters. The van der Waals surface area contributed by atoms with Gasteiger partial charge in [0.05, 0.1) is 10.9 Å². The molecular formula is C12H15N3O3. The molecule has 1 aromatic carbocycles. The summed E-state index contributed by atoms with van der Waals surface area (Å²) < 4.78 is 6.50. The van der Waals surface area contributed by atoms with Crippen LogP contribution in [0, 0.1) is 0 Å². The molecule has 6 heteroatoms. The second-order valence-electron chi connectivity index (χ2n) is 4.71. The maximum Gasteiger partial charge on any atom is 0.419 e. The van der Waals surface area contributed by atoms with E-state index in [1.54, 1.807) is 39.1 Å². The van der Waals surface area contributed by atoms with E-state index >= 15 is 0 Å². The van der Waals surface area contributed by atoms with E-state index in [4.69, 9.17) is 10.3 Å². The van der Waals surface area contributed by atoms with Gasteiger partial charge in [0.25, 0.3) is 0 Å². The van der Waals surface area contributed by atoms with Crippen molar-refractivity contribution in [3.8, 4) is 0 Å². The van der Waals surface area contributed by atoms with E-state index in [0.717, 1.165) is 5.56 Å². The number of aryl methyl sites for hydroxylation is 1. The largest absolute Gasteiger partial charge is 0.419 e. The van der Waals surface area contributed by atoms with Gasteiger partial charge in [0, 0.05) is 7.05 Å². The van der Waals surface area contributed by atoms with Crippen LogP contribution in [0.1, 0.15) is 19.4 Å². The Labute approximate surface area is 103 Å². The van der Waals surface area contributed by atoms with Crippen LogP contribution < -0.4 is 17.0 Å². The van der Waals surface area contributed by atoms with Crippen LogP contribution in [0.15, 0.2) is 27.4 Å². The number of nitrogens with two attached hydrogens (primary N) is 1. The standard InChI is InChI=1S/C12H15N3O3/c1-12(2,10(16)14-13)7-4-5-8-9(6-7)18-11(17)15(8)3/h4-6H,13H2,1-3H3,(H,14,16). The molecule has 0 fully saturated rings. The lowest BCUT2D eigenvalue weighted by Crippen LogP contribution is -2.43. The Morgan fingerprint density at radius 1 is 1.44 bits per heavy atom. The average molecular weight is 249 g/mol. The first kappa shape index (κ1) is 12.4. The number of aromatic nitrogens is 1. The zero-order valence-electron chi connectivity index (χ0n) is 10.5. The van der Waals surface area contributed by atoms with Gasteiger partial charge >= 0.3 is 5.76 Å². The number of hydrazine groups is 1. The molecule has 0 unspecified atom stereocenters. The quantitative estimate of drug-likeness (QED) is 0.458. The Kier molecular flexibility index (Phi) is 2.74. The number of nitrogens with zero attached hydrogens (tertiary/aromatic N) is 1. The smallest absolute Gasteiger partial charge is 0.408 e. The lowest BCUT2D eigenvalue weighted by Gasteiger charge is -2.22. The lowest BCUT2D eigenvalue weighted by molar-refractivity contribution is -0.125. The van der Waals surface area contributed by atoms with Crippen molar-refractivity contribution < 1.29 is 9.21 Å². The SMILES string of the molecule is Cn1c(=O)oc2cc(C(C)(C)C(=O)NN)ccc21. The van der Waals surface area contributed by atoms with E-state index in [0.29, 0.717) is 11.1 Å². The van der Waals surface area contributed by atoms with Gasteiger partial charge in [-0.3, -0.25) is 14.8 Å². The summed E-state index contributed by atoms with van der Waals surface area (Å²) >= 11 is 0. The van der Waals surface area contributed by atoms with Gasteiger partial charge in [-0.05, 0) is 31.5 Å². The topological polar surface area (TPSA) is 90.3 Å². The highest BCUT2D eigenvalue weighted by Crippen LogP contribution is 2.26. The fraction of sp³-hybridized carbons (Fsp3) is 0.333. The van der Waals surface area contributed by atoms with Crippen molar-refractivity contribution in [3.63, 3.8) is 0 Å². The van der Waals surface area contributed by atoms with Crippen LogP contribution in [0.3, 0.4) is 0 Å². The van der Waals surface area contributed by atoms with Crippen LogP contribution >= 0.6 is 0 Å². The van der Waals surface area contributed by atoms with E-state index in [1.807, 2.05) is 0 Å². The summed E-state index contributed by atoms with van der Waals surface area (Å²) in [5, 5.41) is 0. The second kappa shape index (κ2) is 3.99. The number of carbonyl (C=O) groups is 1. The van der Waals surface area contributed by atoms with E-state index in [2.05, 4.69) is 5.43 Å². The summed E-state index contributed by atoms with van der Waals surface area (Å²) in [5.41, 5.74) is 3.21. The van der Waals surface area contributed by atoms with Crippen molar-refractivity contribution in [2.45, 2.75) is 19.3 Å². The van der Waals surface area contributed by atoms with Crippen molar-refractivity contribution in [2.75, 3.05) is 0 Å². The fourth-order valence-corrected chi connectivity index (χ4v) is 1.83. The number of nitrogens with one attached hydrogen (secondary N) is 1. The van der Waals surface area contributed by atoms with Crippen molar-refractivity contribution in [3.05, 3.63) is 34.3 Å². The lowest BCUT2D eigenvalue weighted by atomic mass is 9.84. The first-order valence-electron chi connectivity index (χ1n) is 5.49. The molecule has 96 valence electrons. The Morgan fingerprint density at radius 3 is 2.72 bits per heavy atom. The number of fused-ring (bicyclic) bond motifs is 1. The van der Waals surface area contributed by atoms with Crippen LogP contribution in [0.25, 0.3) is 11.1 Å². The summed E-state index contributed by atoms with van der Waals surface area (Å²) in [5.74, 6) is 4.43. The van der Waals surface area contributed by atoms with Crippen LogP contribution in [-0.2, 0) is 17.3 Å². The first-order chi connectivity index (χ1) is 8.37. The molecule has 2 aromatic rings. The molecule has 0 saturated heterocycles. The predicted octanol–water partition coefficient (Wildman–Crippen LogP) is 0.399. The number of benzene rings is 1. The zero-order valence-corrected chi connectivity index (χ0v) is 10.5. The van der Waals surface area contributed by atoms with Gasteiger partial charge in [0.1, 0.15) is 0 Å². The molecule has 1 heterocycles. The van der Waals surface area contributed by atoms with E-state index < -0.39 is 11.2 Å². The minimum atomic E-state index is -0.794. The maximum absolute atomic E-state index is 11.7. The molecule has 1 aromatic heterocycles. The highest BCUT2D eigenvalue weighted by atomic mass is 16.4. The van der Waals surface area contributed by atoms with Gasteiger partial charge < -0.3 is 4.42 Å². The van der Waals surface area contributed by atoms with Gasteiger partial charge in [-0.25, -0.2) is 10.6 Å². The molecule has 18 heavy (non-hydrogen) atoms. The third-order valence-electron chi connectivity index (χ3n) is 3.21. The van der Waals surface area contributed by atoms with Gasteiger partial charge in [0.15, 0.2) is 5.58 Å². The van der Waals surface area contributed by atoms with Crippen LogP contribution in [0.4, 0.5) is 0 Å². The predicted molar refractivity (Wildman–Crippen MR) is 66.8 cm³/mol. The molecule has 1 amide bonds. The summed E-state index contributed by atoms with van der Waals surface area (Å²) in [4.78, 5) is 23.1. The number of carbonyl (C=O) groups excluding carboxylic acids is 1. The van der Waals surface area contributed by atoms with E-state index in [1.165, 1.54) is 4.57 Å². The van der Waals surface area contributed by atoms with Crippen molar-refractivity contribution >= 4 is 17.0 Å². The first-order valence-corrected chi connectivity index (χ1v) is 5.49. The number of hydrogen-bond donors (Lipinski definition) is 2.